The fourth-order valence-corrected chi connectivity index (χ4v) is 2.71. The van der Waals surface area contributed by atoms with E-state index < -0.39 is 0 Å². The first-order valence-electron chi connectivity index (χ1n) is 7.49. The maximum atomic E-state index is 12.7. The van der Waals surface area contributed by atoms with Crippen molar-refractivity contribution in [1.82, 2.24) is 39.1 Å². The zero-order valence-electron chi connectivity index (χ0n) is 12.8. The summed E-state index contributed by atoms with van der Waals surface area (Å²) >= 11 is 0. The summed E-state index contributed by atoms with van der Waals surface area (Å²) in [4.78, 5) is 21.4. The number of pyridine rings is 1. The van der Waals surface area contributed by atoms with Crippen LogP contribution in [0.3, 0.4) is 0 Å². The van der Waals surface area contributed by atoms with E-state index in [1.807, 2.05) is 30.3 Å². The molecule has 0 amide bonds. The smallest absolute Gasteiger partial charge is 0.267 e. The third kappa shape index (κ3) is 2.02. The molecule has 5 aromatic rings. The Bertz CT molecular complexity index is 1250. The number of hydrogen-bond acceptors (Lipinski definition) is 6. The molecule has 0 saturated carbocycles. The van der Waals surface area contributed by atoms with Crippen molar-refractivity contribution in [3.8, 4) is 11.4 Å². The molecule has 5 rings (SSSR count). The highest BCUT2D eigenvalue weighted by Gasteiger charge is 2.12. The summed E-state index contributed by atoms with van der Waals surface area (Å²) in [5, 5.41) is 12.4. The van der Waals surface area contributed by atoms with Crippen LogP contribution in [0.1, 0.15) is 0 Å². The fraction of sp³-hybridized carbons (Fsp3) is 0. The molecular formula is C16H10N8O. The maximum Gasteiger partial charge on any atom is 0.280 e. The quantitative estimate of drug-likeness (QED) is 0.479. The largest absolute Gasteiger partial charge is 0.280 e. The summed E-state index contributed by atoms with van der Waals surface area (Å²) in [7, 11) is 0. The molecule has 25 heavy (non-hydrogen) atoms. The molecule has 0 fully saturated rings. The Labute approximate surface area is 139 Å². The molecule has 4 aromatic heterocycles. The second-order valence-corrected chi connectivity index (χ2v) is 5.38. The molecule has 9 nitrogen and oxygen atoms in total. The van der Waals surface area contributed by atoms with Gasteiger partial charge in [0.15, 0.2) is 5.82 Å². The zero-order chi connectivity index (χ0) is 16.8. The molecule has 0 bridgehead atoms. The van der Waals surface area contributed by atoms with E-state index in [-0.39, 0.29) is 5.56 Å². The molecule has 0 aliphatic heterocycles. The fourth-order valence-electron chi connectivity index (χ4n) is 2.71. The number of benzene rings is 1. The normalized spacial score (nSPS) is 11.4. The number of rotatable bonds is 2. The first kappa shape index (κ1) is 13.5. The van der Waals surface area contributed by atoms with E-state index in [1.165, 1.54) is 28.2 Å². The molecule has 0 spiro atoms. The SMILES string of the molecule is O=c1c2cnc3nc(-c4ccccc4)nn3c2ccn1-n1cnnc1. The molecule has 0 unspecified atom stereocenters. The Kier molecular flexibility index (Phi) is 2.74. The van der Waals surface area contributed by atoms with Crippen LogP contribution in [0.25, 0.3) is 28.1 Å². The predicted octanol–water partition coefficient (Wildman–Crippen LogP) is 1.01. The van der Waals surface area contributed by atoms with Crippen molar-refractivity contribution < 1.29 is 0 Å². The van der Waals surface area contributed by atoms with Crippen molar-refractivity contribution >= 4 is 16.7 Å². The molecular weight excluding hydrogens is 320 g/mol. The Morgan fingerprint density at radius 3 is 2.56 bits per heavy atom. The standard InChI is InChI=1S/C16H10N8O/c25-15-12-8-17-16-20-14(11-4-2-1-3-5-11)21-24(16)13(12)6-7-23(15)22-9-18-19-10-22/h1-10H. The van der Waals surface area contributed by atoms with Crippen molar-refractivity contribution in [2.45, 2.75) is 0 Å². The second kappa shape index (κ2) is 5.06. The van der Waals surface area contributed by atoms with Crippen LogP contribution < -0.4 is 5.56 Å². The Morgan fingerprint density at radius 2 is 1.76 bits per heavy atom. The lowest BCUT2D eigenvalue weighted by molar-refractivity contribution is 0.632. The molecule has 0 N–H and O–H groups in total. The van der Waals surface area contributed by atoms with Crippen LogP contribution in [0.15, 0.2) is 66.2 Å². The monoisotopic (exact) mass is 330 g/mol. The van der Waals surface area contributed by atoms with E-state index >= 15 is 0 Å². The van der Waals surface area contributed by atoms with Gasteiger partial charge in [0.1, 0.15) is 12.7 Å². The number of fused-ring (bicyclic) bond motifs is 3. The average Bonchev–Trinajstić information content (AvgIpc) is 3.32. The minimum atomic E-state index is -0.247. The summed E-state index contributed by atoms with van der Waals surface area (Å²) in [6.45, 7) is 0. The average molecular weight is 330 g/mol. The first-order chi connectivity index (χ1) is 12.3. The van der Waals surface area contributed by atoms with Crippen molar-refractivity contribution in [3.63, 3.8) is 0 Å². The molecule has 4 heterocycles. The summed E-state index contributed by atoms with van der Waals surface area (Å²) in [5.41, 5.74) is 1.27. The van der Waals surface area contributed by atoms with Gasteiger partial charge in [0.05, 0.1) is 10.9 Å². The third-order valence-electron chi connectivity index (χ3n) is 3.90. The van der Waals surface area contributed by atoms with Crippen LogP contribution in [-0.4, -0.2) is 39.1 Å². The van der Waals surface area contributed by atoms with Crippen LogP contribution in [0.4, 0.5) is 0 Å². The van der Waals surface area contributed by atoms with Crippen molar-refractivity contribution in [2.75, 3.05) is 0 Å². The molecule has 1 aromatic carbocycles. The molecule has 9 heteroatoms. The van der Waals surface area contributed by atoms with Crippen LogP contribution in [0.2, 0.25) is 0 Å². The van der Waals surface area contributed by atoms with E-state index in [0.717, 1.165) is 5.56 Å². The van der Waals surface area contributed by atoms with Crippen molar-refractivity contribution in [1.29, 1.82) is 0 Å². The number of hydrogen-bond donors (Lipinski definition) is 0. The van der Waals surface area contributed by atoms with E-state index in [0.29, 0.717) is 22.5 Å². The van der Waals surface area contributed by atoms with Crippen molar-refractivity contribution in [3.05, 3.63) is 71.8 Å². The Balaban J connectivity index is 1.77. The van der Waals surface area contributed by atoms with E-state index in [4.69, 9.17) is 0 Å². The maximum absolute atomic E-state index is 12.7. The van der Waals surface area contributed by atoms with Crippen LogP contribution in [-0.2, 0) is 0 Å². The van der Waals surface area contributed by atoms with E-state index in [9.17, 15) is 4.79 Å². The van der Waals surface area contributed by atoms with Gasteiger partial charge in [-0.1, -0.05) is 30.3 Å². The first-order valence-corrected chi connectivity index (χ1v) is 7.49. The zero-order valence-corrected chi connectivity index (χ0v) is 12.8. The van der Waals surface area contributed by atoms with Gasteiger partial charge in [0, 0.05) is 18.0 Å². The Hall–Kier alpha value is -3.88. The van der Waals surface area contributed by atoms with Crippen LogP contribution in [0, 0.1) is 0 Å². The minimum absolute atomic E-state index is 0.247. The number of nitrogens with zero attached hydrogens (tertiary/aromatic N) is 8. The van der Waals surface area contributed by atoms with Gasteiger partial charge in [0.25, 0.3) is 11.3 Å². The third-order valence-corrected chi connectivity index (χ3v) is 3.90. The topological polar surface area (TPSA) is 95.8 Å². The lowest BCUT2D eigenvalue weighted by Gasteiger charge is -2.06. The lowest BCUT2D eigenvalue weighted by atomic mass is 10.2. The van der Waals surface area contributed by atoms with Gasteiger partial charge in [0.2, 0.25) is 0 Å². The van der Waals surface area contributed by atoms with Gasteiger partial charge in [-0.25, -0.2) is 14.3 Å². The summed E-state index contributed by atoms with van der Waals surface area (Å²) in [5.74, 6) is 0.997. The highest BCUT2D eigenvalue weighted by atomic mass is 16.1. The molecule has 0 aliphatic rings. The minimum Gasteiger partial charge on any atom is -0.267 e. The van der Waals surface area contributed by atoms with Gasteiger partial charge < -0.3 is 0 Å². The van der Waals surface area contributed by atoms with Crippen LogP contribution in [0.5, 0.6) is 0 Å². The van der Waals surface area contributed by atoms with Gasteiger partial charge in [-0.15, -0.1) is 15.3 Å². The van der Waals surface area contributed by atoms with Gasteiger partial charge in [-0.05, 0) is 6.07 Å². The van der Waals surface area contributed by atoms with Gasteiger partial charge in [-0.2, -0.15) is 9.50 Å². The van der Waals surface area contributed by atoms with Gasteiger partial charge >= 0.3 is 0 Å². The van der Waals surface area contributed by atoms with E-state index in [2.05, 4.69) is 25.3 Å². The van der Waals surface area contributed by atoms with Crippen molar-refractivity contribution in [2.24, 2.45) is 0 Å². The Morgan fingerprint density at radius 1 is 0.960 bits per heavy atom. The predicted molar refractivity (Wildman–Crippen MR) is 88.8 cm³/mol. The molecule has 0 radical (unpaired) electrons. The summed E-state index contributed by atoms with van der Waals surface area (Å²) < 4.78 is 4.46. The van der Waals surface area contributed by atoms with Gasteiger partial charge in [-0.3, -0.25) is 4.79 Å². The molecule has 0 aliphatic carbocycles. The highest BCUT2D eigenvalue weighted by molar-refractivity contribution is 5.79. The molecule has 120 valence electrons. The number of aromatic nitrogens is 8. The summed E-state index contributed by atoms with van der Waals surface area (Å²) in [6, 6.07) is 11.4. The molecule has 0 saturated heterocycles. The van der Waals surface area contributed by atoms with Crippen LogP contribution >= 0.6 is 0 Å². The summed E-state index contributed by atoms with van der Waals surface area (Å²) in [6.07, 6.45) is 6.04. The van der Waals surface area contributed by atoms with E-state index in [1.54, 1.807) is 16.8 Å². The lowest BCUT2D eigenvalue weighted by Crippen LogP contribution is -2.25. The molecule has 0 atom stereocenters. The second-order valence-electron chi connectivity index (χ2n) is 5.38. The highest BCUT2D eigenvalue weighted by Crippen LogP contribution is 2.17.